The zero-order chi connectivity index (χ0) is 21.6. The van der Waals surface area contributed by atoms with E-state index >= 15 is 0 Å². The summed E-state index contributed by atoms with van der Waals surface area (Å²) in [5.41, 5.74) is 2.48. The molecule has 1 aromatic heterocycles. The highest BCUT2D eigenvalue weighted by molar-refractivity contribution is 5.91. The van der Waals surface area contributed by atoms with Gasteiger partial charge in [0.25, 0.3) is 5.91 Å². The molecule has 7 nitrogen and oxygen atoms in total. The van der Waals surface area contributed by atoms with Gasteiger partial charge in [-0.1, -0.05) is 18.2 Å². The zero-order valence-corrected chi connectivity index (χ0v) is 17.3. The molecular weight excluding hydrogens is 397 g/mol. The lowest BCUT2D eigenvalue weighted by atomic mass is 10.2. The number of halogens is 1. The first-order valence-corrected chi connectivity index (χ1v) is 10.2. The van der Waals surface area contributed by atoms with Gasteiger partial charge < -0.3 is 19.9 Å². The summed E-state index contributed by atoms with van der Waals surface area (Å²) in [5.74, 6) is 0.243. The second kappa shape index (κ2) is 9.42. The number of carbonyl (C=O) groups excluding carboxylic acids is 1. The van der Waals surface area contributed by atoms with E-state index in [4.69, 9.17) is 4.74 Å². The monoisotopic (exact) mass is 421 g/mol. The molecule has 1 aliphatic heterocycles. The van der Waals surface area contributed by atoms with Gasteiger partial charge in [0.05, 0.1) is 0 Å². The van der Waals surface area contributed by atoms with E-state index in [9.17, 15) is 9.18 Å². The number of amides is 1. The van der Waals surface area contributed by atoms with Crippen molar-refractivity contribution >= 4 is 23.2 Å². The SMILES string of the molecule is Cc1cc(OCC(=O)Nc2ccc(F)cc2)nc(N2CCN(c3ccccc3)CC2)n1. The summed E-state index contributed by atoms with van der Waals surface area (Å²) in [4.78, 5) is 25.6. The van der Waals surface area contributed by atoms with Crippen LogP contribution >= 0.6 is 0 Å². The number of ether oxygens (including phenoxy) is 1. The second-order valence-electron chi connectivity index (χ2n) is 7.30. The predicted octanol–water partition coefficient (Wildman–Crippen LogP) is 3.27. The molecule has 0 spiro atoms. The fraction of sp³-hybridized carbons (Fsp3) is 0.261. The fourth-order valence-electron chi connectivity index (χ4n) is 3.41. The van der Waals surface area contributed by atoms with E-state index in [1.165, 1.54) is 30.0 Å². The molecule has 3 aromatic rings. The average molecular weight is 421 g/mol. The first-order chi connectivity index (χ1) is 15.1. The summed E-state index contributed by atoms with van der Waals surface area (Å²) in [6.45, 7) is 5.01. The van der Waals surface area contributed by atoms with Gasteiger partial charge >= 0.3 is 0 Å². The van der Waals surface area contributed by atoms with E-state index in [1.807, 2.05) is 25.1 Å². The Morgan fingerprint density at radius 3 is 2.39 bits per heavy atom. The van der Waals surface area contributed by atoms with Gasteiger partial charge in [-0.15, -0.1) is 0 Å². The number of carbonyl (C=O) groups is 1. The predicted molar refractivity (Wildman–Crippen MR) is 118 cm³/mol. The van der Waals surface area contributed by atoms with Gasteiger partial charge in [0.15, 0.2) is 6.61 Å². The van der Waals surface area contributed by atoms with E-state index in [0.29, 0.717) is 17.5 Å². The van der Waals surface area contributed by atoms with Gasteiger partial charge in [-0.3, -0.25) is 4.79 Å². The third-order valence-electron chi connectivity index (χ3n) is 4.98. The number of nitrogens with one attached hydrogen (secondary N) is 1. The first-order valence-electron chi connectivity index (χ1n) is 10.2. The maximum Gasteiger partial charge on any atom is 0.262 e. The Kier molecular flexibility index (Phi) is 6.26. The molecular formula is C23H24FN5O2. The molecule has 4 rings (SSSR count). The molecule has 8 heteroatoms. The van der Waals surface area contributed by atoms with Gasteiger partial charge in [0.2, 0.25) is 11.8 Å². The summed E-state index contributed by atoms with van der Waals surface area (Å²) in [5, 5.41) is 2.66. The topological polar surface area (TPSA) is 70.6 Å². The van der Waals surface area contributed by atoms with Gasteiger partial charge in [-0.25, -0.2) is 9.37 Å². The zero-order valence-electron chi connectivity index (χ0n) is 17.3. The van der Waals surface area contributed by atoms with Crippen molar-refractivity contribution in [2.75, 3.05) is 47.9 Å². The number of rotatable bonds is 6. The normalized spacial score (nSPS) is 13.7. The fourth-order valence-corrected chi connectivity index (χ4v) is 3.41. The lowest BCUT2D eigenvalue weighted by Crippen LogP contribution is -2.47. The minimum Gasteiger partial charge on any atom is -0.467 e. The quantitative estimate of drug-likeness (QED) is 0.659. The number of nitrogens with zero attached hydrogens (tertiary/aromatic N) is 4. The van der Waals surface area contributed by atoms with Crippen molar-refractivity contribution in [1.82, 2.24) is 9.97 Å². The van der Waals surface area contributed by atoms with E-state index in [-0.39, 0.29) is 18.3 Å². The Labute approximate surface area is 180 Å². The number of piperazine rings is 1. The van der Waals surface area contributed by atoms with E-state index in [2.05, 4.69) is 37.2 Å². The van der Waals surface area contributed by atoms with E-state index < -0.39 is 0 Å². The molecule has 1 aliphatic rings. The summed E-state index contributed by atoms with van der Waals surface area (Å²) in [7, 11) is 0. The van der Waals surface area contributed by atoms with Crippen molar-refractivity contribution in [3.63, 3.8) is 0 Å². The van der Waals surface area contributed by atoms with Gasteiger partial charge in [-0.05, 0) is 43.3 Å². The largest absolute Gasteiger partial charge is 0.467 e. The number of benzene rings is 2. The Hall–Kier alpha value is -3.68. The van der Waals surface area contributed by atoms with Crippen LogP contribution in [0.15, 0.2) is 60.7 Å². The van der Waals surface area contributed by atoms with E-state index in [1.54, 1.807) is 6.07 Å². The van der Waals surface area contributed by atoms with Crippen LogP contribution in [0, 0.1) is 12.7 Å². The standard InChI is InChI=1S/C23H24FN5O2/c1-17-15-22(31-16-21(30)26-19-9-7-18(24)8-10-19)27-23(25-17)29-13-11-28(12-14-29)20-5-3-2-4-6-20/h2-10,15H,11-14,16H2,1H3,(H,26,30). The Morgan fingerprint density at radius 1 is 1.00 bits per heavy atom. The van der Waals surface area contributed by atoms with Gasteiger partial charge in [-0.2, -0.15) is 4.98 Å². The molecule has 160 valence electrons. The molecule has 0 aliphatic carbocycles. The maximum atomic E-state index is 13.0. The van der Waals surface area contributed by atoms with Crippen molar-refractivity contribution in [3.05, 3.63) is 72.2 Å². The van der Waals surface area contributed by atoms with Crippen LogP contribution in [0.3, 0.4) is 0 Å². The summed E-state index contributed by atoms with van der Waals surface area (Å²) >= 11 is 0. The number of aromatic nitrogens is 2. The van der Waals surface area contributed by atoms with Crippen molar-refractivity contribution in [2.45, 2.75) is 6.92 Å². The smallest absolute Gasteiger partial charge is 0.262 e. The van der Waals surface area contributed by atoms with Gasteiger partial charge in [0.1, 0.15) is 5.82 Å². The minimum absolute atomic E-state index is 0.199. The molecule has 1 N–H and O–H groups in total. The van der Waals surface area contributed by atoms with E-state index in [0.717, 1.165) is 31.9 Å². The Morgan fingerprint density at radius 2 is 1.68 bits per heavy atom. The van der Waals surface area contributed by atoms with Gasteiger partial charge in [0, 0.05) is 49.3 Å². The molecule has 1 fully saturated rings. The number of anilines is 3. The van der Waals surface area contributed by atoms with Crippen molar-refractivity contribution in [1.29, 1.82) is 0 Å². The highest BCUT2D eigenvalue weighted by Crippen LogP contribution is 2.20. The molecule has 0 bridgehead atoms. The minimum atomic E-state index is -0.358. The first kappa shape index (κ1) is 20.6. The number of hydrogen-bond donors (Lipinski definition) is 1. The average Bonchev–Trinajstić information content (AvgIpc) is 2.80. The van der Waals surface area contributed by atoms with Crippen LogP contribution < -0.4 is 19.9 Å². The van der Waals surface area contributed by atoms with Crippen molar-refractivity contribution < 1.29 is 13.9 Å². The molecule has 2 aromatic carbocycles. The Bertz CT molecular complexity index is 1020. The van der Waals surface area contributed by atoms with Crippen LogP contribution in [-0.2, 0) is 4.79 Å². The second-order valence-corrected chi connectivity index (χ2v) is 7.30. The summed E-state index contributed by atoms with van der Waals surface area (Å²) in [6, 6.07) is 17.6. The van der Waals surface area contributed by atoms with Crippen molar-refractivity contribution in [3.8, 4) is 5.88 Å². The number of para-hydroxylation sites is 1. The molecule has 1 amide bonds. The Balaban J connectivity index is 1.34. The van der Waals surface area contributed by atoms with Crippen LogP contribution in [0.2, 0.25) is 0 Å². The third-order valence-corrected chi connectivity index (χ3v) is 4.98. The summed E-state index contributed by atoms with van der Waals surface area (Å²) in [6.07, 6.45) is 0. The molecule has 1 saturated heterocycles. The van der Waals surface area contributed by atoms with Crippen LogP contribution in [-0.4, -0.2) is 48.7 Å². The summed E-state index contributed by atoms with van der Waals surface area (Å²) < 4.78 is 18.6. The number of hydrogen-bond acceptors (Lipinski definition) is 6. The highest BCUT2D eigenvalue weighted by Gasteiger charge is 2.20. The van der Waals surface area contributed by atoms with Crippen LogP contribution in [0.4, 0.5) is 21.7 Å². The number of aryl methyl sites for hydroxylation is 1. The molecule has 0 saturated carbocycles. The molecule has 0 radical (unpaired) electrons. The molecule has 31 heavy (non-hydrogen) atoms. The highest BCUT2D eigenvalue weighted by atomic mass is 19.1. The molecule has 0 atom stereocenters. The van der Waals surface area contributed by atoms with Crippen LogP contribution in [0.5, 0.6) is 5.88 Å². The lowest BCUT2D eigenvalue weighted by molar-refractivity contribution is -0.118. The maximum absolute atomic E-state index is 13.0. The van der Waals surface area contributed by atoms with Crippen LogP contribution in [0.25, 0.3) is 0 Å². The third kappa shape index (κ3) is 5.48. The van der Waals surface area contributed by atoms with Crippen molar-refractivity contribution in [2.24, 2.45) is 0 Å². The lowest BCUT2D eigenvalue weighted by Gasteiger charge is -2.36. The molecule has 0 unspecified atom stereocenters. The van der Waals surface area contributed by atoms with Crippen LogP contribution in [0.1, 0.15) is 5.69 Å². The molecule has 2 heterocycles.